The van der Waals surface area contributed by atoms with Gasteiger partial charge in [0.15, 0.2) is 11.5 Å². The van der Waals surface area contributed by atoms with Gasteiger partial charge < -0.3 is 20.1 Å². The first-order valence-electron chi connectivity index (χ1n) is 5.79. The Morgan fingerprint density at radius 1 is 1.31 bits per heavy atom. The van der Waals surface area contributed by atoms with Crippen molar-refractivity contribution in [2.75, 3.05) is 25.2 Å². The fourth-order valence-corrected chi connectivity index (χ4v) is 2.18. The molecule has 0 aromatic heterocycles. The largest absolute Gasteiger partial charge is 0.454 e. The lowest BCUT2D eigenvalue weighted by atomic mass is 10.2. The van der Waals surface area contributed by atoms with Crippen molar-refractivity contribution in [3.63, 3.8) is 0 Å². The number of ether oxygens (including phenoxy) is 2. The van der Waals surface area contributed by atoms with Gasteiger partial charge in [-0.2, -0.15) is 0 Å². The zero-order chi connectivity index (χ0) is 10.8. The van der Waals surface area contributed by atoms with Crippen LogP contribution in [0.3, 0.4) is 0 Å². The van der Waals surface area contributed by atoms with Crippen LogP contribution < -0.4 is 20.1 Å². The molecule has 1 atom stereocenters. The molecule has 1 aromatic rings. The van der Waals surface area contributed by atoms with Crippen LogP contribution in [-0.4, -0.2) is 25.9 Å². The molecule has 0 amide bonds. The van der Waals surface area contributed by atoms with Crippen LogP contribution >= 0.6 is 0 Å². The summed E-state index contributed by atoms with van der Waals surface area (Å²) in [6.07, 6.45) is 2.55. The number of rotatable bonds is 3. The summed E-state index contributed by atoms with van der Waals surface area (Å²) in [5.74, 6) is 1.67. The first-order chi connectivity index (χ1) is 7.92. The summed E-state index contributed by atoms with van der Waals surface area (Å²) >= 11 is 0. The lowest BCUT2D eigenvalue weighted by molar-refractivity contribution is 0.174. The van der Waals surface area contributed by atoms with Gasteiger partial charge in [-0.3, -0.25) is 0 Å². The van der Waals surface area contributed by atoms with Crippen molar-refractivity contribution in [3.8, 4) is 11.5 Å². The quantitative estimate of drug-likeness (QED) is 0.811. The van der Waals surface area contributed by atoms with E-state index in [9.17, 15) is 0 Å². The highest BCUT2D eigenvalue weighted by Crippen LogP contribution is 2.34. The van der Waals surface area contributed by atoms with Gasteiger partial charge in [0, 0.05) is 24.3 Å². The molecule has 1 saturated heterocycles. The summed E-state index contributed by atoms with van der Waals surface area (Å²) in [6.45, 7) is 2.45. The molecule has 0 saturated carbocycles. The molecular formula is C12H16N2O2. The molecule has 86 valence electrons. The van der Waals surface area contributed by atoms with Crippen LogP contribution in [0.2, 0.25) is 0 Å². The molecule has 16 heavy (non-hydrogen) atoms. The summed E-state index contributed by atoms with van der Waals surface area (Å²) in [4.78, 5) is 0. The Kier molecular flexibility index (Phi) is 2.58. The van der Waals surface area contributed by atoms with E-state index in [1.54, 1.807) is 0 Å². The Hall–Kier alpha value is -1.42. The van der Waals surface area contributed by atoms with E-state index in [1.165, 1.54) is 12.8 Å². The summed E-state index contributed by atoms with van der Waals surface area (Å²) < 4.78 is 10.6. The van der Waals surface area contributed by atoms with E-state index >= 15 is 0 Å². The maximum Gasteiger partial charge on any atom is 0.231 e. The molecule has 2 N–H and O–H groups in total. The van der Waals surface area contributed by atoms with Crippen LogP contribution in [-0.2, 0) is 0 Å². The van der Waals surface area contributed by atoms with Gasteiger partial charge in [-0.25, -0.2) is 0 Å². The predicted octanol–water partition coefficient (Wildman–Crippen LogP) is 1.58. The number of hydrogen-bond donors (Lipinski definition) is 2. The molecule has 2 aliphatic rings. The van der Waals surface area contributed by atoms with E-state index in [4.69, 9.17) is 9.47 Å². The first kappa shape index (κ1) is 9.78. The zero-order valence-corrected chi connectivity index (χ0v) is 9.16. The maximum absolute atomic E-state index is 5.33. The van der Waals surface area contributed by atoms with Crippen LogP contribution in [0.25, 0.3) is 0 Å². The average molecular weight is 220 g/mol. The van der Waals surface area contributed by atoms with Gasteiger partial charge in [0.2, 0.25) is 6.79 Å². The summed E-state index contributed by atoms with van der Waals surface area (Å²) in [7, 11) is 0. The average Bonchev–Trinajstić information content (AvgIpc) is 2.97. The lowest BCUT2D eigenvalue weighted by Crippen LogP contribution is -2.29. The Morgan fingerprint density at radius 2 is 2.25 bits per heavy atom. The Labute approximate surface area is 94.9 Å². The standard InChI is InChI=1S/C12H16N2O2/c1-2-10(13-5-1)7-14-9-3-4-11-12(6-9)16-8-15-11/h3-4,6,10,13-14H,1-2,5,7-8H2. The summed E-state index contributed by atoms with van der Waals surface area (Å²) in [6, 6.07) is 6.58. The highest BCUT2D eigenvalue weighted by molar-refractivity contribution is 5.55. The number of hydrogen-bond acceptors (Lipinski definition) is 4. The summed E-state index contributed by atoms with van der Waals surface area (Å²) in [5.41, 5.74) is 1.10. The highest BCUT2D eigenvalue weighted by atomic mass is 16.7. The topological polar surface area (TPSA) is 42.5 Å². The van der Waals surface area contributed by atoms with Gasteiger partial charge in [0.25, 0.3) is 0 Å². The highest BCUT2D eigenvalue weighted by Gasteiger charge is 2.15. The summed E-state index contributed by atoms with van der Waals surface area (Å²) in [5, 5.41) is 6.88. The van der Waals surface area contributed by atoms with Crippen molar-refractivity contribution >= 4 is 5.69 Å². The maximum atomic E-state index is 5.33. The molecule has 1 unspecified atom stereocenters. The lowest BCUT2D eigenvalue weighted by Gasteiger charge is -2.12. The van der Waals surface area contributed by atoms with Gasteiger partial charge in [-0.1, -0.05) is 0 Å². The van der Waals surface area contributed by atoms with E-state index in [0.29, 0.717) is 12.8 Å². The molecule has 0 spiro atoms. The third-order valence-corrected chi connectivity index (χ3v) is 3.09. The normalized spacial score (nSPS) is 22.4. The molecule has 0 aliphatic carbocycles. The number of anilines is 1. The van der Waals surface area contributed by atoms with E-state index in [-0.39, 0.29) is 0 Å². The second-order valence-electron chi connectivity index (χ2n) is 4.24. The second kappa shape index (κ2) is 4.22. The molecule has 1 aromatic carbocycles. The van der Waals surface area contributed by atoms with Crippen LogP contribution in [0, 0.1) is 0 Å². The second-order valence-corrected chi connectivity index (χ2v) is 4.24. The Morgan fingerprint density at radius 3 is 3.12 bits per heavy atom. The molecule has 0 bridgehead atoms. The third kappa shape index (κ3) is 1.93. The van der Waals surface area contributed by atoms with Crippen molar-refractivity contribution in [2.24, 2.45) is 0 Å². The molecule has 4 nitrogen and oxygen atoms in total. The van der Waals surface area contributed by atoms with E-state index < -0.39 is 0 Å². The van der Waals surface area contributed by atoms with Gasteiger partial charge in [0.1, 0.15) is 0 Å². The number of nitrogens with one attached hydrogen (secondary N) is 2. The Balaban J connectivity index is 1.61. The van der Waals surface area contributed by atoms with Gasteiger partial charge in [0.05, 0.1) is 0 Å². The number of fused-ring (bicyclic) bond motifs is 1. The van der Waals surface area contributed by atoms with Crippen molar-refractivity contribution in [1.82, 2.24) is 5.32 Å². The van der Waals surface area contributed by atoms with Crippen LogP contribution in [0.5, 0.6) is 11.5 Å². The van der Waals surface area contributed by atoms with Crippen LogP contribution in [0.1, 0.15) is 12.8 Å². The molecule has 1 fully saturated rings. The molecular weight excluding hydrogens is 204 g/mol. The van der Waals surface area contributed by atoms with Crippen LogP contribution in [0.4, 0.5) is 5.69 Å². The van der Waals surface area contributed by atoms with Gasteiger partial charge >= 0.3 is 0 Å². The number of benzene rings is 1. The monoisotopic (exact) mass is 220 g/mol. The zero-order valence-electron chi connectivity index (χ0n) is 9.16. The minimum absolute atomic E-state index is 0.336. The minimum Gasteiger partial charge on any atom is -0.454 e. The Bertz CT molecular complexity index is 375. The van der Waals surface area contributed by atoms with Crippen molar-refractivity contribution in [2.45, 2.75) is 18.9 Å². The van der Waals surface area contributed by atoms with E-state index in [0.717, 1.165) is 30.3 Å². The minimum atomic E-state index is 0.336. The molecule has 0 radical (unpaired) electrons. The van der Waals surface area contributed by atoms with Crippen LogP contribution in [0.15, 0.2) is 18.2 Å². The smallest absolute Gasteiger partial charge is 0.231 e. The molecule has 2 heterocycles. The van der Waals surface area contributed by atoms with E-state index in [2.05, 4.69) is 10.6 Å². The van der Waals surface area contributed by atoms with Gasteiger partial charge in [-0.05, 0) is 31.5 Å². The predicted molar refractivity (Wildman–Crippen MR) is 62.1 cm³/mol. The van der Waals surface area contributed by atoms with Crippen molar-refractivity contribution in [1.29, 1.82) is 0 Å². The van der Waals surface area contributed by atoms with Crippen molar-refractivity contribution in [3.05, 3.63) is 18.2 Å². The van der Waals surface area contributed by atoms with Gasteiger partial charge in [-0.15, -0.1) is 0 Å². The third-order valence-electron chi connectivity index (χ3n) is 3.09. The molecule has 3 rings (SSSR count). The SMILES string of the molecule is c1cc2c(cc1NCC1CCCN1)OCO2. The molecule has 4 heteroatoms. The fourth-order valence-electron chi connectivity index (χ4n) is 2.18. The molecule has 2 aliphatic heterocycles. The first-order valence-corrected chi connectivity index (χ1v) is 5.79. The fraction of sp³-hybridized carbons (Fsp3) is 0.500. The van der Waals surface area contributed by atoms with E-state index in [1.807, 2.05) is 18.2 Å². The van der Waals surface area contributed by atoms with Crippen molar-refractivity contribution < 1.29 is 9.47 Å².